The van der Waals surface area contributed by atoms with Crippen LogP contribution in [0.2, 0.25) is 0 Å². The van der Waals surface area contributed by atoms with Crippen LogP contribution in [0.25, 0.3) is 0 Å². The first-order chi connectivity index (χ1) is 9.31. The maximum atomic E-state index is 12.6. The van der Waals surface area contributed by atoms with E-state index in [1.165, 1.54) is 0 Å². The van der Waals surface area contributed by atoms with Gasteiger partial charge in [-0.2, -0.15) is 0 Å². The van der Waals surface area contributed by atoms with Crippen molar-refractivity contribution in [1.29, 1.82) is 0 Å². The Hall–Kier alpha value is -2.36. The maximum absolute atomic E-state index is 12.6. The van der Waals surface area contributed by atoms with Crippen LogP contribution in [-0.2, 0) is 0 Å². The molecular weight excluding hydrogens is 238 g/mol. The molecule has 0 unspecified atom stereocenters. The van der Waals surface area contributed by atoms with Crippen LogP contribution in [0.3, 0.4) is 0 Å². The Labute approximate surface area is 112 Å². The number of rotatable bonds is 2. The van der Waals surface area contributed by atoms with Crippen molar-refractivity contribution in [1.82, 2.24) is 4.98 Å². The fourth-order valence-corrected chi connectivity index (χ4v) is 2.32. The molecule has 96 valence electrons. The largest absolute Gasteiger partial charge is 0.338 e. The molecule has 4 heteroatoms. The summed E-state index contributed by atoms with van der Waals surface area (Å²) in [7, 11) is 0. The van der Waals surface area contributed by atoms with Gasteiger partial charge >= 0.3 is 0 Å². The predicted octanol–water partition coefficient (Wildman–Crippen LogP) is 3.20. The number of pyridine rings is 1. The SMILES string of the molecule is CCCN1C(=O)c2cccnc2Nc2ccccc21. The lowest BCUT2D eigenvalue weighted by Gasteiger charge is -2.21. The highest BCUT2D eigenvalue weighted by molar-refractivity contribution is 6.12. The summed E-state index contributed by atoms with van der Waals surface area (Å²) in [6.45, 7) is 2.77. The first-order valence-electron chi connectivity index (χ1n) is 6.44. The fraction of sp³-hybridized carbons (Fsp3) is 0.200. The molecule has 0 spiro atoms. The number of anilines is 3. The second-order valence-corrected chi connectivity index (χ2v) is 4.50. The Balaban J connectivity index is 2.18. The third kappa shape index (κ3) is 1.95. The van der Waals surface area contributed by atoms with E-state index in [9.17, 15) is 4.79 Å². The predicted molar refractivity (Wildman–Crippen MR) is 75.9 cm³/mol. The Kier molecular flexibility index (Phi) is 2.91. The number of hydrogen-bond donors (Lipinski definition) is 1. The van der Waals surface area contributed by atoms with Gasteiger partial charge < -0.3 is 10.2 Å². The van der Waals surface area contributed by atoms with Crippen molar-refractivity contribution in [3.05, 3.63) is 48.2 Å². The lowest BCUT2D eigenvalue weighted by atomic mass is 10.2. The minimum absolute atomic E-state index is 0.00222. The van der Waals surface area contributed by atoms with E-state index >= 15 is 0 Å². The average molecular weight is 253 g/mol. The van der Waals surface area contributed by atoms with Gasteiger partial charge in [-0.25, -0.2) is 4.98 Å². The standard InChI is InChI=1S/C15H15N3O/c1-2-10-18-13-8-4-3-7-12(13)17-14-11(15(18)19)6-5-9-16-14/h3-9H,2,10H2,1H3,(H,16,17). The highest BCUT2D eigenvalue weighted by Gasteiger charge is 2.26. The van der Waals surface area contributed by atoms with E-state index in [0.29, 0.717) is 17.9 Å². The second-order valence-electron chi connectivity index (χ2n) is 4.50. The van der Waals surface area contributed by atoms with Crippen LogP contribution in [0.1, 0.15) is 23.7 Å². The van der Waals surface area contributed by atoms with E-state index < -0.39 is 0 Å². The molecule has 0 radical (unpaired) electrons. The van der Waals surface area contributed by atoms with E-state index in [-0.39, 0.29) is 5.91 Å². The van der Waals surface area contributed by atoms with Crippen LogP contribution in [0.15, 0.2) is 42.6 Å². The Bertz CT molecular complexity index is 624. The number of carbonyl (C=O) groups excluding carboxylic acids is 1. The van der Waals surface area contributed by atoms with Gasteiger partial charge in [-0.15, -0.1) is 0 Å². The van der Waals surface area contributed by atoms with Crippen molar-refractivity contribution in [3.8, 4) is 0 Å². The summed E-state index contributed by atoms with van der Waals surface area (Å²) in [4.78, 5) is 18.7. The molecule has 0 saturated carbocycles. The summed E-state index contributed by atoms with van der Waals surface area (Å²) in [6.07, 6.45) is 2.60. The number of hydrogen-bond acceptors (Lipinski definition) is 3. The summed E-state index contributed by atoms with van der Waals surface area (Å²) >= 11 is 0. The molecule has 4 nitrogen and oxygen atoms in total. The first-order valence-corrected chi connectivity index (χ1v) is 6.44. The fourth-order valence-electron chi connectivity index (χ4n) is 2.32. The quantitative estimate of drug-likeness (QED) is 0.894. The molecule has 0 bridgehead atoms. The van der Waals surface area contributed by atoms with E-state index in [1.54, 1.807) is 12.3 Å². The van der Waals surface area contributed by atoms with Crippen LogP contribution < -0.4 is 10.2 Å². The normalized spacial score (nSPS) is 13.3. The summed E-state index contributed by atoms with van der Waals surface area (Å²) in [5.74, 6) is 0.626. The van der Waals surface area contributed by atoms with Gasteiger partial charge in [-0.05, 0) is 30.7 Å². The molecule has 1 aliphatic heterocycles. The number of nitrogens with zero attached hydrogens (tertiary/aromatic N) is 2. The number of carbonyl (C=O) groups is 1. The third-order valence-corrected chi connectivity index (χ3v) is 3.18. The number of amides is 1. The highest BCUT2D eigenvalue weighted by atomic mass is 16.2. The minimum Gasteiger partial charge on any atom is -0.338 e. The second kappa shape index (κ2) is 4.72. The molecule has 1 N–H and O–H groups in total. The zero-order valence-corrected chi connectivity index (χ0v) is 10.8. The van der Waals surface area contributed by atoms with Crippen molar-refractivity contribution in [2.24, 2.45) is 0 Å². The molecule has 19 heavy (non-hydrogen) atoms. The molecule has 1 aromatic carbocycles. The molecule has 0 aliphatic carbocycles. The number of benzene rings is 1. The molecule has 3 rings (SSSR count). The Morgan fingerprint density at radius 2 is 2.05 bits per heavy atom. The number of fused-ring (bicyclic) bond motifs is 2. The third-order valence-electron chi connectivity index (χ3n) is 3.18. The zero-order chi connectivity index (χ0) is 13.2. The molecule has 1 aliphatic rings. The number of aromatic nitrogens is 1. The molecule has 2 heterocycles. The molecular formula is C15H15N3O. The van der Waals surface area contributed by atoms with Crippen molar-refractivity contribution in [2.45, 2.75) is 13.3 Å². The van der Waals surface area contributed by atoms with E-state index in [1.807, 2.05) is 35.2 Å². The molecule has 1 amide bonds. The van der Waals surface area contributed by atoms with Crippen LogP contribution in [0, 0.1) is 0 Å². The van der Waals surface area contributed by atoms with Crippen LogP contribution in [0.5, 0.6) is 0 Å². The average Bonchev–Trinajstić information content (AvgIpc) is 2.56. The summed E-state index contributed by atoms with van der Waals surface area (Å²) in [6, 6.07) is 11.4. The Morgan fingerprint density at radius 1 is 1.21 bits per heavy atom. The van der Waals surface area contributed by atoms with Crippen LogP contribution >= 0.6 is 0 Å². The van der Waals surface area contributed by atoms with Crippen LogP contribution in [0.4, 0.5) is 17.2 Å². The topological polar surface area (TPSA) is 45.2 Å². The summed E-state index contributed by atoms with van der Waals surface area (Å²) in [5, 5.41) is 3.25. The van der Waals surface area contributed by atoms with Gasteiger partial charge in [0.15, 0.2) is 0 Å². The molecule has 0 fully saturated rings. The van der Waals surface area contributed by atoms with Crippen molar-refractivity contribution in [3.63, 3.8) is 0 Å². The lowest BCUT2D eigenvalue weighted by Crippen LogP contribution is -2.31. The number of para-hydroxylation sites is 2. The van der Waals surface area contributed by atoms with Gasteiger partial charge in [0, 0.05) is 12.7 Å². The monoisotopic (exact) mass is 253 g/mol. The molecule has 2 aromatic rings. The lowest BCUT2D eigenvalue weighted by molar-refractivity contribution is 0.0988. The number of nitrogens with one attached hydrogen (secondary N) is 1. The maximum Gasteiger partial charge on any atom is 0.262 e. The zero-order valence-electron chi connectivity index (χ0n) is 10.8. The minimum atomic E-state index is 0.00222. The summed E-state index contributed by atoms with van der Waals surface area (Å²) in [5.41, 5.74) is 2.45. The van der Waals surface area contributed by atoms with Crippen molar-refractivity contribution in [2.75, 3.05) is 16.8 Å². The Morgan fingerprint density at radius 3 is 2.89 bits per heavy atom. The van der Waals surface area contributed by atoms with Gasteiger partial charge in [0.2, 0.25) is 0 Å². The van der Waals surface area contributed by atoms with Gasteiger partial charge in [0.05, 0.1) is 16.9 Å². The van der Waals surface area contributed by atoms with Crippen molar-refractivity contribution >= 4 is 23.1 Å². The molecule has 1 aromatic heterocycles. The molecule has 0 atom stereocenters. The van der Waals surface area contributed by atoms with Crippen molar-refractivity contribution < 1.29 is 4.79 Å². The van der Waals surface area contributed by atoms with Gasteiger partial charge in [-0.3, -0.25) is 4.79 Å². The van der Waals surface area contributed by atoms with E-state index in [4.69, 9.17) is 0 Å². The van der Waals surface area contributed by atoms with Crippen LogP contribution in [-0.4, -0.2) is 17.4 Å². The van der Waals surface area contributed by atoms with Gasteiger partial charge in [0.1, 0.15) is 5.82 Å². The van der Waals surface area contributed by atoms with Gasteiger partial charge in [-0.1, -0.05) is 19.1 Å². The van der Waals surface area contributed by atoms with E-state index in [0.717, 1.165) is 17.8 Å². The first kappa shape index (κ1) is 11.7. The molecule has 0 saturated heterocycles. The van der Waals surface area contributed by atoms with Gasteiger partial charge in [0.25, 0.3) is 5.91 Å². The van der Waals surface area contributed by atoms with E-state index in [2.05, 4.69) is 17.2 Å². The summed E-state index contributed by atoms with van der Waals surface area (Å²) < 4.78 is 0. The highest BCUT2D eigenvalue weighted by Crippen LogP contribution is 2.34. The smallest absolute Gasteiger partial charge is 0.262 e.